The van der Waals surface area contributed by atoms with Crippen LogP contribution in [0.4, 0.5) is 0 Å². The molecule has 1 aromatic carbocycles. The van der Waals surface area contributed by atoms with Gasteiger partial charge in [-0.3, -0.25) is 4.57 Å². The van der Waals surface area contributed by atoms with E-state index in [-0.39, 0.29) is 5.76 Å². The predicted molar refractivity (Wildman–Crippen MR) is 70.7 cm³/mol. The predicted octanol–water partition coefficient (Wildman–Crippen LogP) is 1.98. The molecular weight excluding hydrogens is 228 g/mol. The molecule has 1 unspecified atom stereocenters. The van der Waals surface area contributed by atoms with E-state index in [2.05, 4.69) is 5.32 Å². The molecule has 0 saturated carbocycles. The first-order chi connectivity index (χ1) is 8.84. The number of fused-ring (bicyclic) bond motifs is 1. The fourth-order valence-electron chi connectivity index (χ4n) is 2.71. The second kappa shape index (κ2) is 4.98. The standard InChI is InChI=1S/C14H18N2O2/c17-14-16(9-7-11-4-3-8-15-10-11)12-5-1-2-6-13(12)18-14/h1-2,5-6,11,15H,3-4,7-10H2. The molecule has 1 aromatic heterocycles. The summed E-state index contributed by atoms with van der Waals surface area (Å²) < 4.78 is 6.98. The van der Waals surface area contributed by atoms with Gasteiger partial charge in [0.25, 0.3) is 0 Å². The number of nitrogens with one attached hydrogen (secondary N) is 1. The van der Waals surface area contributed by atoms with Crippen molar-refractivity contribution >= 4 is 11.1 Å². The molecule has 0 amide bonds. The summed E-state index contributed by atoms with van der Waals surface area (Å²) in [5, 5.41) is 3.41. The van der Waals surface area contributed by atoms with Gasteiger partial charge in [-0.1, -0.05) is 12.1 Å². The number of hydrogen-bond acceptors (Lipinski definition) is 3. The van der Waals surface area contributed by atoms with E-state index in [1.165, 1.54) is 12.8 Å². The monoisotopic (exact) mass is 246 g/mol. The van der Waals surface area contributed by atoms with Crippen molar-refractivity contribution in [3.05, 3.63) is 34.8 Å². The van der Waals surface area contributed by atoms with Crippen LogP contribution in [0.3, 0.4) is 0 Å². The van der Waals surface area contributed by atoms with Gasteiger partial charge < -0.3 is 9.73 Å². The Labute approximate surface area is 106 Å². The number of aromatic nitrogens is 1. The van der Waals surface area contributed by atoms with Gasteiger partial charge in [-0.05, 0) is 50.4 Å². The molecule has 2 aromatic rings. The van der Waals surface area contributed by atoms with Crippen molar-refractivity contribution in [3.63, 3.8) is 0 Å². The number of piperidine rings is 1. The van der Waals surface area contributed by atoms with Crippen LogP contribution in [-0.4, -0.2) is 17.7 Å². The van der Waals surface area contributed by atoms with Crippen LogP contribution < -0.4 is 11.1 Å². The minimum absolute atomic E-state index is 0.236. The molecule has 2 heterocycles. The smallest absolute Gasteiger partial charge is 0.408 e. The number of rotatable bonds is 3. The summed E-state index contributed by atoms with van der Waals surface area (Å²) >= 11 is 0. The fraction of sp³-hybridized carbons (Fsp3) is 0.500. The number of hydrogen-bond donors (Lipinski definition) is 1. The zero-order chi connectivity index (χ0) is 12.4. The second-order valence-corrected chi connectivity index (χ2v) is 4.99. The molecule has 96 valence electrons. The normalized spacial score (nSPS) is 20.3. The van der Waals surface area contributed by atoms with E-state index >= 15 is 0 Å². The third kappa shape index (κ3) is 2.20. The van der Waals surface area contributed by atoms with E-state index < -0.39 is 0 Å². The van der Waals surface area contributed by atoms with Crippen LogP contribution in [0.1, 0.15) is 19.3 Å². The summed E-state index contributed by atoms with van der Waals surface area (Å²) in [5.41, 5.74) is 1.59. The Hall–Kier alpha value is -1.55. The minimum Gasteiger partial charge on any atom is -0.408 e. The molecule has 1 aliphatic rings. The maximum Gasteiger partial charge on any atom is 0.419 e. The van der Waals surface area contributed by atoms with Crippen molar-refractivity contribution in [2.75, 3.05) is 13.1 Å². The highest BCUT2D eigenvalue weighted by Gasteiger charge is 2.15. The Morgan fingerprint density at radius 3 is 3.11 bits per heavy atom. The molecule has 0 spiro atoms. The summed E-state index contributed by atoms with van der Waals surface area (Å²) in [6.07, 6.45) is 3.54. The number of benzene rings is 1. The van der Waals surface area contributed by atoms with Crippen LogP contribution in [0, 0.1) is 5.92 Å². The van der Waals surface area contributed by atoms with E-state index in [9.17, 15) is 4.79 Å². The maximum atomic E-state index is 11.8. The largest absolute Gasteiger partial charge is 0.419 e. The number of oxazole rings is 1. The highest BCUT2D eigenvalue weighted by molar-refractivity contribution is 5.72. The molecular formula is C14H18N2O2. The van der Waals surface area contributed by atoms with Crippen LogP contribution in [-0.2, 0) is 6.54 Å². The van der Waals surface area contributed by atoms with E-state index in [4.69, 9.17) is 4.42 Å². The highest BCUT2D eigenvalue weighted by Crippen LogP contribution is 2.17. The van der Waals surface area contributed by atoms with Crippen molar-refractivity contribution < 1.29 is 4.42 Å². The van der Waals surface area contributed by atoms with Gasteiger partial charge in [0.05, 0.1) is 5.52 Å². The zero-order valence-electron chi connectivity index (χ0n) is 10.4. The van der Waals surface area contributed by atoms with Crippen molar-refractivity contribution in [2.24, 2.45) is 5.92 Å². The Kier molecular flexibility index (Phi) is 3.19. The first-order valence-corrected chi connectivity index (χ1v) is 6.64. The molecule has 1 aliphatic heterocycles. The van der Waals surface area contributed by atoms with Gasteiger partial charge in [-0.2, -0.15) is 0 Å². The molecule has 0 aliphatic carbocycles. The van der Waals surface area contributed by atoms with E-state index in [1.54, 1.807) is 4.57 Å². The molecule has 1 atom stereocenters. The van der Waals surface area contributed by atoms with E-state index in [0.717, 1.165) is 31.6 Å². The Balaban J connectivity index is 1.77. The van der Waals surface area contributed by atoms with Gasteiger partial charge in [0.15, 0.2) is 5.58 Å². The summed E-state index contributed by atoms with van der Waals surface area (Å²) in [4.78, 5) is 11.8. The summed E-state index contributed by atoms with van der Waals surface area (Å²) in [5.74, 6) is 0.444. The van der Waals surface area contributed by atoms with E-state index in [0.29, 0.717) is 11.5 Å². The molecule has 0 radical (unpaired) electrons. The van der Waals surface area contributed by atoms with Gasteiger partial charge in [0.1, 0.15) is 0 Å². The number of aryl methyl sites for hydroxylation is 1. The zero-order valence-corrected chi connectivity index (χ0v) is 10.4. The Morgan fingerprint density at radius 1 is 1.39 bits per heavy atom. The van der Waals surface area contributed by atoms with Crippen LogP contribution in [0.25, 0.3) is 11.1 Å². The summed E-state index contributed by atoms with van der Waals surface area (Å²) in [6, 6.07) is 7.62. The van der Waals surface area contributed by atoms with Crippen LogP contribution >= 0.6 is 0 Å². The molecule has 0 bridgehead atoms. The second-order valence-electron chi connectivity index (χ2n) is 4.99. The maximum absolute atomic E-state index is 11.8. The SMILES string of the molecule is O=c1oc2ccccc2n1CCC1CCCNC1. The van der Waals surface area contributed by atoms with Gasteiger partial charge in [-0.25, -0.2) is 4.79 Å². The van der Waals surface area contributed by atoms with Crippen molar-refractivity contribution in [1.82, 2.24) is 9.88 Å². The lowest BCUT2D eigenvalue weighted by atomic mass is 9.96. The summed E-state index contributed by atoms with van der Waals surface area (Å²) in [7, 11) is 0. The van der Waals surface area contributed by atoms with Crippen molar-refractivity contribution in [3.8, 4) is 0 Å². The lowest BCUT2D eigenvalue weighted by Gasteiger charge is -2.22. The van der Waals surface area contributed by atoms with Gasteiger partial charge in [0, 0.05) is 6.54 Å². The Bertz CT molecular complexity index is 579. The van der Waals surface area contributed by atoms with Crippen LogP contribution in [0.2, 0.25) is 0 Å². The third-order valence-electron chi connectivity index (χ3n) is 3.73. The van der Waals surface area contributed by atoms with Crippen LogP contribution in [0.15, 0.2) is 33.5 Å². The number of nitrogens with zero attached hydrogens (tertiary/aromatic N) is 1. The molecule has 1 N–H and O–H groups in total. The molecule has 4 nitrogen and oxygen atoms in total. The van der Waals surface area contributed by atoms with Crippen LogP contribution in [0.5, 0.6) is 0 Å². The third-order valence-corrected chi connectivity index (χ3v) is 3.73. The topological polar surface area (TPSA) is 47.2 Å². The lowest BCUT2D eigenvalue weighted by Crippen LogP contribution is -2.30. The van der Waals surface area contributed by atoms with Crippen molar-refractivity contribution in [1.29, 1.82) is 0 Å². The summed E-state index contributed by atoms with van der Waals surface area (Å²) in [6.45, 7) is 2.96. The lowest BCUT2D eigenvalue weighted by molar-refractivity contribution is 0.337. The van der Waals surface area contributed by atoms with E-state index in [1.807, 2.05) is 24.3 Å². The average Bonchev–Trinajstić information content (AvgIpc) is 2.73. The van der Waals surface area contributed by atoms with Crippen molar-refractivity contribution in [2.45, 2.75) is 25.8 Å². The first kappa shape index (κ1) is 11.5. The minimum atomic E-state index is -0.236. The molecule has 18 heavy (non-hydrogen) atoms. The molecule has 3 rings (SSSR count). The highest BCUT2D eigenvalue weighted by atomic mass is 16.4. The molecule has 1 fully saturated rings. The number of para-hydroxylation sites is 2. The van der Waals surface area contributed by atoms with Gasteiger partial charge >= 0.3 is 5.76 Å². The molecule has 4 heteroatoms. The fourth-order valence-corrected chi connectivity index (χ4v) is 2.71. The average molecular weight is 246 g/mol. The van der Waals surface area contributed by atoms with Gasteiger partial charge in [0.2, 0.25) is 0 Å². The first-order valence-electron chi connectivity index (χ1n) is 6.64. The quantitative estimate of drug-likeness (QED) is 0.901. The molecule has 1 saturated heterocycles. The van der Waals surface area contributed by atoms with Gasteiger partial charge in [-0.15, -0.1) is 0 Å². The Morgan fingerprint density at radius 2 is 2.28 bits per heavy atom.